The molecule has 2 N–H and O–H groups in total. The van der Waals surface area contributed by atoms with Crippen LogP contribution in [0.25, 0.3) is 0 Å². The van der Waals surface area contributed by atoms with E-state index in [0.29, 0.717) is 11.9 Å². The summed E-state index contributed by atoms with van der Waals surface area (Å²) < 4.78 is 25.0. The summed E-state index contributed by atoms with van der Waals surface area (Å²) in [5.41, 5.74) is 0. The molecule has 1 fully saturated rings. The average Bonchev–Trinajstić information content (AvgIpc) is 2.46. The number of nitrogens with zero attached hydrogens (tertiary/aromatic N) is 2. The number of nitrogens with one attached hydrogen (secondary N) is 2. The molecule has 1 unspecified atom stereocenters. The van der Waals surface area contributed by atoms with Gasteiger partial charge in [-0.1, -0.05) is 6.42 Å². The Hall–Kier alpha value is -1.18. The maximum absolute atomic E-state index is 11.9. The normalized spacial score (nSPS) is 20.1. The molecule has 1 aromatic heterocycles. The van der Waals surface area contributed by atoms with Crippen LogP contribution in [0.5, 0.6) is 0 Å². The minimum Gasteiger partial charge on any atom is -0.369 e. The van der Waals surface area contributed by atoms with Gasteiger partial charge in [0.25, 0.3) is 0 Å². The number of piperidine rings is 1. The first-order chi connectivity index (χ1) is 9.50. The van der Waals surface area contributed by atoms with Gasteiger partial charge >= 0.3 is 0 Å². The van der Waals surface area contributed by atoms with Crippen molar-refractivity contribution < 1.29 is 8.42 Å². The molecule has 112 valence electrons. The minimum absolute atomic E-state index is 0.212. The van der Waals surface area contributed by atoms with Crippen LogP contribution in [0, 0.1) is 0 Å². The van der Waals surface area contributed by atoms with E-state index in [1.165, 1.54) is 43.9 Å². The number of aromatic nitrogens is 1. The molecule has 1 atom stereocenters. The van der Waals surface area contributed by atoms with Crippen molar-refractivity contribution in [3.63, 3.8) is 0 Å². The molecule has 0 saturated carbocycles. The highest BCUT2D eigenvalue weighted by Gasteiger charge is 2.17. The average molecular weight is 298 g/mol. The summed E-state index contributed by atoms with van der Waals surface area (Å²) in [5, 5.41) is 6.69. The van der Waals surface area contributed by atoms with Gasteiger partial charge in [0.2, 0.25) is 10.0 Å². The van der Waals surface area contributed by atoms with Crippen LogP contribution in [-0.2, 0) is 10.0 Å². The summed E-state index contributed by atoms with van der Waals surface area (Å²) in [6.45, 7) is 1.88. The van der Waals surface area contributed by atoms with Gasteiger partial charge in [-0.25, -0.2) is 17.7 Å². The largest absolute Gasteiger partial charge is 0.369 e. The van der Waals surface area contributed by atoms with E-state index < -0.39 is 10.0 Å². The third-order valence-corrected chi connectivity index (χ3v) is 5.26. The zero-order valence-electron chi connectivity index (χ0n) is 12.0. The standard InChI is InChI=1S/C13H22N4O2S/c1-17(2)20(18,19)12-6-7-13(16-10-12)15-9-11-5-3-4-8-14-11/h6-7,10-11,14H,3-5,8-9H2,1-2H3,(H,15,16). The predicted molar refractivity (Wildman–Crippen MR) is 79.2 cm³/mol. The number of hydrogen-bond acceptors (Lipinski definition) is 5. The quantitative estimate of drug-likeness (QED) is 0.844. The van der Waals surface area contributed by atoms with Crippen molar-refractivity contribution in [3.05, 3.63) is 18.3 Å². The first kappa shape index (κ1) is 15.2. The summed E-state index contributed by atoms with van der Waals surface area (Å²) in [6.07, 6.45) is 5.06. The Balaban J connectivity index is 1.94. The summed E-state index contributed by atoms with van der Waals surface area (Å²) in [6, 6.07) is 3.76. The predicted octanol–water partition coefficient (Wildman–Crippen LogP) is 0.886. The monoisotopic (exact) mass is 298 g/mol. The van der Waals surface area contributed by atoms with Crippen LogP contribution in [-0.4, -0.2) is 50.9 Å². The Morgan fingerprint density at radius 3 is 2.75 bits per heavy atom. The highest BCUT2D eigenvalue weighted by Crippen LogP contribution is 2.14. The number of pyridine rings is 1. The fraction of sp³-hybridized carbons (Fsp3) is 0.615. The van der Waals surface area contributed by atoms with Crippen LogP contribution in [0.4, 0.5) is 5.82 Å². The lowest BCUT2D eigenvalue weighted by atomic mass is 10.1. The van der Waals surface area contributed by atoms with Crippen molar-refractivity contribution in [1.29, 1.82) is 0 Å². The van der Waals surface area contributed by atoms with Gasteiger partial charge in [0, 0.05) is 32.9 Å². The van der Waals surface area contributed by atoms with Crippen molar-refractivity contribution in [3.8, 4) is 0 Å². The molecule has 0 radical (unpaired) electrons. The smallest absolute Gasteiger partial charge is 0.244 e. The first-order valence-corrected chi connectivity index (χ1v) is 8.30. The number of hydrogen-bond donors (Lipinski definition) is 2. The summed E-state index contributed by atoms with van der Waals surface area (Å²) in [4.78, 5) is 4.38. The molecule has 1 aliphatic heterocycles. The van der Waals surface area contributed by atoms with Crippen LogP contribution < -0.4 is 10.6 Å². The zero-order valence-corrected chi connectivity index (χ0v) is 12.8. The summed E-state index contributed by atoms with van der Waals surface area (Å²) in [5.74, 6) is 0.704. The van der Waals surface area contributed by atoms with E-state index in [9.17, 15) is 8.42 Å². The molecule has 0 aromatic carbocycles. The first-order valence-electron chi connectivity index (χ1n) is 6.86. The molecular formula is C13H22N4O2S. The number of anilines is 1. The molecule has 1 saturated heterocycles. The van der Waals surface area contributed by atoms with Crippen LogP contribution in [0.1, 0.15) is 19.3 Å². The van der Waals surface area contributed by atoms with Crippen LogP contribution >= 0.6 is 0 Å². The third kappa shape index (κ3) is 3.68. The molecule has 1 aromatic rings. The van der Waals surface area contributed by atoms with Gasteiger partial charge in [0.05, 0.1) is 0 Å². The van der Waals surface area contributed by atoms with Gasteiger partial charge in [0.15, 0.2) is 0 Å². The van der Waals surface area contributed by atoms with E-state index in [0.717, 1.165) is 13.1 Å². The van der Waals surface area contributed by atoms with Crippen LogP contribution in [0.15, 0.2) is 23.2 Å². The van der Waals surface area contributed by atoms with Crippen molar-refractivity contribution in [1.82, 2.24) is 14.6 Å². The highest BCUT2D eigenvalue weighted by atomic mass is 32.2. The number of sulfonamides is 1. The summed E-state index contributed by atoms with van der Waals surface area (Å²) >= 11 is 0. The van der Waals surface area contributed by atoms with Crippen molar-refractivity contribution in [2.45, 2.75) is 30.2 Å². The second-order valence-corrected chi connectivity index (χ2v) is 7.35. The van der Waals surface area contributed by atoms with Gasteiger partial charge in [0.1, 0.15) is 10.7 Å². The van der Waals surface area contributed by atoms with Gasteiger partial charge in [-0.3, -0.25) is 0 Å². The molecule has 1 aliphatic rings. The Labute approximate surface area is 120 Å². The molecule has 0 amide bonds. The molecule has 6 nitrogen and oxygen atoms in total. The van der Waals surface area contributed by atoms with E-state index in [2.05, 4.69) is 15.6 Å². The molecule has 0 aliphatic carbocycles. The lowest BCUT2D eigenvalue weighted by Crippen LogP contribution is -2.39. The van der Waals surface area contributed by atoms with Gasteiger partial charge < -0.3 is 10.6 Å². The molecular weight excluding hydrogens is 276 g/mol. The highest BCUT2D eigenvalue weighted by molar-refractivity contribution is 7.89. The maximum atomic E-state index is 11.9. The lowest BCUT2D eigenvalue weighted by molar-refractivity contribution is 0.414. The Morgan fingerprint density at radius 1 is 1.40 bits per heavy atom. The van der Waals surface area contributed by atoms with Gasteiger partial charge in [-0.05, 0) is 31.5 Å². The van der Waals surface area contributed by atoms with Crippen molar-refractivity contribution in [2.75, 3.05) is 32.5 Å². The summed E-state index contributed by atoms with van der Waals surface area (Å²) in [7, 11) is -0.378. The molecule has 7 heteroatoms. The van der Waals surface area contributed by atoms with Crippen molar-refractivity contribution >= 4 is 15.8 Å². The van der Waals surface area contributed by atoms with Crippen LogP contribution in [0.2, 0.25) is 0 Å². The fourth-order valence-corrected chi connectivity index (χ4v) is 3.02. The van der Waals surface area contributed by atoms with E-state index in [1.807, 2.05) is 0 Å². The Bertz CT molecular complexity index is 522. The minimum atomic E-state index is -3.40. The fourth-order valence-electron chi connectivity index (χ4n) is 2.17. The van der Waals surface area contributed by atoms with Gasteiger partial charge in [-0.2, -0.15) is 0 Å². The second kappa shape index (κ2) is 6.51. The van der Waals surface area contributed by atoms with E-state index in [-0.39, 0.29) is 4.90 Å². The Morgan fingerprint density at radius 2 is 2.20 bits per heavy atom. The molecule has 0 bridgehead atoms. The SMILES string of the molecule is CN(C)S(=O)(=O)c1ccc(NCC2CCCCN2)nc1. The van der Waals surface area contributed by atoms with E-state index in [1.54, 1.807) is 12.1 Å². The molecule has 2 heterocycles. The lowest BCUT2D eigenvalue weighted by Gasteiger charge is -2.23. The second-order valence-electron chi connectivity index (χ2n) is 5.19. The number of rotatable bonds is 5. The van der Waals surface area contributed by atoms with Gasteiger partial charge in [-0.15, -0.1) is 0 Å². The molecule has 20 heavy (non-hydrogen) atoms. The van der Waals surface area contributed by atoms with Crippen LogP contribution in [0.3, 0.4) is 0 Å². The third-order valence-electron chi connectivity index (χ3n) is 3.46. The van der Waals surface area contributed by atoms with Crippen molar-refractivity contribution in [2.24, 2.45) is 0 Å². The van der Waals surface area contributed by atoms with E-state index >= 15 is 0 Å². The molecule has 0 spiro atoms. The topological polar surface area (TPSA) is 74.3 Å². The Kier molecular flexibility index (Phi) is 4.95. The zero-order chi connectivity index (χ0) is 14.6. The molecule has 2 rings (SSSR count). The maximum Gasteiger partial charge on any atom is 0.244 e. The van der Waals surface area contributed by atoms with E-state index in [4.69, 9.17) is 0 Å².